The summed E-state index contributed by atoms with van der Waals surface area (Å²) in [5.41, 5.74) is 2.75. The molecule has 1 aliphatic heterocycles. The van der Waals surface area contributed by atoms with Crippen molar-refractivity contribution in [2.24, 2.45) is 0 Å². The van der Waals surface area contributed by atoms with Crippen molar-refractivity contribution in [2.45, 2.75) is 11.1 Å². The van der Waals surface area contributed by atoms with E-state index in [1.807, 2.05) is 47.0 Å². The summed E-state index contributed by atoms with van der Waals surface area (Å²) in [6.45, 7) is 0. The first-order chi connectivity index (χ1) is 11.3. The van der Waals surface area contributed by atoms with Crippen LogP contribution in [0.3, 0.4) is 0 Å². The summed E-state index contributed by atoms with van der Waals surface area (Å²) in [4.78, 5) is 0. The van der Waals surface area contributed by atoms with Crippen molar-refractivity contribution in [1.29, 1.82) is 0 Å². The van der Waals surface area contributed by atoms with E-state index in [-0.39, 0.29) is 11.3 Å². The summed E-state index contributed by atoms with van der Waals surface area (Å²) in [6, 6.07) is 17.7. The van der Waals surface area contributed by atoms with E-state index < -0.39 is 0 Å². The van der Waals surface area contributed by atoms with Gasteiger partial charge in [0.2, 0.25) is 11.1 Å². The summed E-state index contributed by atoms with van der Waals surface area (Å²) in [5, 5.41) is 12.2. The van der Waals surface area contributed by atoms with Gasteiger partial charge in [-0.25, -0.2) is 0 Å². The molecule has 0 bridgehead atoms. The van der Waals surface area contributed by atoms with Crippen molar-refractivity contribution >= 4 is 11.8 Å². The van der Waals surface area contributed by atoms with Gasteiger partial charge in [-0.15, -0.1) is 0 Å². The van der Waals surface area contributed by atoms with Gasteiger partial charge in [0.25, 0.3) is 5.89 Å². The molecule has 23 heavy (non-hydrogen) atoms. The highest BCUT2D eigenvalue weighted by Crippen LogP contribution is 2.40. The molecule has 0 spiro atoms. The van der Waals surface area contributed by atoms with E-state index in [4.69, 9.17) is 9.15 Å². The van der Waals surface area contributed by atoms with Crippen LogP contribution in [0.15, 0.2) is 59.0 Å². The number of methoxy groups -OCH3 is 1. The first-order valence-electron chi connectivity index (χ1n) is 7.33. The maximum atomic E-state index is 12.2. The number of aromatic nitrogens is 1. The van der Waals surface area contributed by atoms with Crippen LogP contribution in [0.1, 0.15) is 16.6 Å². The summed E-state index contributed by atoms with van der Waals surface area (Å²) in [6.07, 6.45) is 0. The highest BCUT2D eigenvalue weighted by atomic mass is 32.2. The van der Waals surface area contributed by atoms with E-state index in [0.717, 1.165) is 22.6 Å². The number of hydrogen-bond donors (Lipinski definition) is 0. The maximum absolute atomic E-state index is 12.2. The zero-order valence-corrected chi connectivity index (χ0v) is 13.4. The normalized spacial score (nSPS) is 16.3. The molecular formula is C18H15NO3S. The number of oxazole rings is 1. The molecule has 0 saturated heterocycles. The molecule has 0 radical (unpaired) electrons. The molecule has 1 aliphatic rings. The second-order valence-electron chi connectivity index (χ2n) is 5.31. The lowest BCUT2D eigenvalue weighted by Crippen LogP contribution is -2.38. The third kappa shape index (κ3) is 2.37. The molecule has 5 heteroatoms. The number of fused-ring (bicyclic) bond motifs is 1. The fraction of sp³-hybridized carbons (Fsp3) is 0.167. The Morgan fingerprint density at radius 1 is 1.13 bits per heavy atom. The van der Waals surface area contributed by atoms with E-state index >= 15 is 0 Å². The molecule has 0 saturated carbocycles. The Labute approximate surface area is 138 Å². The number of thioether (sulfide) groups is 1. The van der Waals surface area contributed by atoms with Crippen LogP contribution in [0.25, 0.3) is 11.5 Å². The Morgan fingerprint density at radius 3 is 2.57 bits per heavy atom. The largest absolute Gasteiger partial charge is 0.540 e. The van der Waals surface area contributed by atoms with Crippen LogP contribution in [-0.4, -0.2) is 7.11 Å². The number of ether oxygens (including phenoxy) is 1. The predicted molar refractivity (Wildman–Crippen MR) is 86.2 cm³/mol. The Morgan fingerprint density at radius 2 is 1.87 bits per heavy atom. The van der Waals surface area contributed by atoms with Crippen LogP contribution in [0.2, 0.25) is 0 Å². The van der Waals surface area contributed by atoms with Gasteiger partial charge in [0.05, 0.1) is 18.4 Å². The quantitative estimate of drug-likeness (QED) is 0.694. The van der Waals surface area contributed by atoms with Crippen LogP contribution in [0.4, 0.5) is 0 Å². The van der Waals surface area contributed by atoms with Crippen LogP contribution in [0.5, 0.6) is 11.7 Å². The molecule has 0 fully saturated rings. The topological polar surface area (TPSA) is 49.3 Å². The molecule has 0 unspecified atom stereocenters. The highest BCUT2D eigenvalue weighted by Gasteiger charge is 2.38. The lowest BCUT2D eigenvalue weighted by atomic mass is 10.2. The number of nitrogens with zero attached hydrogens (tertiary/aromatic N) is 1. The lowest BCUT2D eigenvalue weighted by molar-refractivity contribution is -0.684. The zero-order chi connectivity index (χ0) is 15.8. The monoisotopic (exact) mass is 325 g/mol. The smallest absolute Gasteiger partial charge is 0.270 e. The van der Waals surface area contributed by atoms with Crippen LogP contribution >= 0.6 is 11.8 Å². The molecule has 4 rings (SSSR count). The highest BCUT2D eigenvalue weighted by molar-refractivity contribution is 7.98. The average molecular weight is 325 g/mol. The van der Waals surface area contributed by atoms with Gasteiger partial charge in [-0.1, -0.05) is 42.1 Å². The van der Waals surface area contributed by atoms with E-state index in [1.54, 1.807) is 18.9 Å². The first kappa shape index (κ1) is 14.2. The molecule has 1 atom stereocenters. The minimum absolute atomic E-state index is 0.0646. The summed E-state index contributed by atoms with van der Waals surface area (Å²) in [7, 11) is 1.63. The molecule has 3 aromatic rings. The molecule has 1 aromatic heterocycles. The SMILES string of the molecule is COc1ccc(-c2oc([O-])c3[n+]2[C@H](c2ccccc2)SC3)cc1. The van der Waals surface area contributed by atoms with Crippen molar-refractivity contribution in [3.63, 3.8) is 0 Å². The summed E-state index contributed by atoms with van der Waals surface area (Å²) >= 11 is 1.74. The molecular weight excluding hydrogens is 310 g/mol. The van der Waals surface area contributed by atoms with Crippen LogP contribution < -0.4 is 14.4 Å². The number of hydrogen-bond acceptors (Lipinski definition) is 4. The van der Waals surface area contributed by atoms with Crippen molar-refractivity contribution in [3.8, 4) is 23.1 Å². The minimum atomic E-state index is -0.248. The summed E-state index contributed by atoms with van der Waals surface area (Å²) in [5.74, 6) is 1.80. The average Bonchev–Trinajstić information content (AvgIpc) is 3.17. The van der Waals surface area contributed by atoms with Gasteiger partial charge in [-0.3, -0.25) is 0 Å². The zero-order valence-electron chi connectivity index (χ0n) is 12.6. The number of rotatable bonds is 3. The van der Waals surface area contributed by atoms with Crippen molar-refractivity contribution < 1.29 is 18.8 Å². The van der Waals surface area contributed by atoms with Crippen LogP contribution in [0, 0.1) is 0 Å². The molecule has 116 valence electrons. The van der Waals surface area contributed by atoms with Gasteiger partial charge in [0, 0.05) is 5.56 Å². The van der Waals surface area contributed by atoms with Crippen molar-refractivity contribution in [3.05, 3.63) is 65.9 Å². The van der Waals surface area contributed by atoms with E-state index in [1.165, 1.54) is 0 Å². The van der Waals surface area contributed by atoms with E-state index in [9.17, 15) is 5.11 Å². The number of benzene rings is 2. The third-order valence-corrected chi connectivity index (χ3v) is 5.21. The van der Waals surface area contributed by atoms with Gasteiger partial charge in [-0.05, 0) is 24.3 Å². The molecule has 0 N–H and O–H groups in total. The Hall–Kier alpha value is -2.40. The van der Waals surface area contributed by atoms with Crippen molar-refractivity contribution in [2.75, 3.05) is 7.11 Å². The predicted octanol–water partition coefficient (Wildman–Crippen LogP) is 3.11. The maximum Gasteiger partial charge on any atom is 0.270 e. The third-order valence-electron chi connectivity index (χ3n) is 3.97. The van der Waals surface area contributed by atoms with Crippen molar-refractivity contribution in [1.82, 2.24) is 0 Å². The minimum Gasteiger partial charge on any atom is -0.540 e. The van der Waals surface area contributed by atoms with E-state index in [2.05, 4.69) is 12.1 Å². The summed E-state index contributed by atoms with van der Waals surface area (Å²) < 4.78 is 12.8. The standard InChI is InChI=1S/C18H15NO3S/c1-21-14-9-7-12(8-10-14)16-19-15(18(20)22-16)11-23-17(19)13-5-3-2-4-6-13/h2-10,17H,11H2,1H3/t17-/m0/s1. The molecule has 4 nitrogen and oxygen atoms in total. The Kier molecular flexibility index (Phi) is 3.50. The van der Waals surface area contributed by atoms with Gasteiger partial charge in [0.1, 0.15) is 11.7 Å². The lowest BCUT2D eigenvalue weighted by Gasteiger charge is -2.08. The second kappa shape index (κ2) is 5.66. The molecule has 2 aromatic carbocycles. The molecule has 0 amide bonds. The van der Waals surface area contributed by atoms with Gasteiger partial charge in [-0.2, -0.15) is 4.57 Å². The Bertz CT molecular complexity index is 827. The second-order valence-corrected chi connectivity index (χ2v) is 6.38. The van der Waals surface area contributed by atoms with E-state index in [0.29, 0.717) is 11.6 Å². The van der Waals surface area contributed by atoms with Gasteiger partial charge in [0.15, 0.2) is 0 Å². The molecule has 2 heterocycles. The van der Waals surface area contributed by atoms with Crippen LogP contribution in [-0.2, 0) is 5.75 Å². The Balaban J connectivity index is 1.82. The first-order valence-corrected chi connectivity index (χ1v) is 8.38. The fourth-order valence-electron chi connectivity index (χ4n) is 2.82. The van der Waals surface area contributed by atoms with Gasteiger partial charge >= 0.3 is 0 Å². The van der Waals surface area contributed by atoms with Gasteiger partial charge < -0.3 is 14.3 Å². The fourth-order valence-corrected chi connectivity index (χ4v) is 4.11. The molecule has 0 aliphatic carbocycles.